The van der Waals surface area contributed by atoms with Gasteiger partial charge in [0.1, 0.15) is 11.3 Å². The fourth-order valence-corrected chi connectivity index (χ4v) is 1.81. The Morgan fingerprint density at radius 3 is 2.80 bits per heavy atom. The maximum atomic E-state index is 5.89. The van der Waals surface area contributed by atoms with Gasteiger partial charge in [0.15, 0.2) is 0 Å². The maximum Gasteiger partial charge on any atom is 0.149 e. The number of hydrogen-bond acceptors (Lipinski definition) is 3. The average Bonchev–Trinajstić information content (AvgIpc) is 2.58. The molecule has 2 aromatic rings. The number of aryl methyl sites for hydroxylation is 1. The normalized spacial score (nSPS) is 11.5. The molecule has 4 nitrogen and oxygen atoms in total. The maximum absolute atomic E-state index is 5.89. The summed E-state index contributed by atoms with van der Waals surface area (Å²) in [7, 11) is 0. The smallest absolute Gasteiger partial charge is 0.149 e. The topological polar surface area (TPSA) is 56.7 Å². The van der Waals surface area contributed by atoms with Crippen molar-refractivity contribution in [3.8, 4) is 0 Å². The lowest BCUT2D eigenvalue weighted by atomic mass is 10.2. The highest BCUT2D eigenvalue weighted by molar-refractivity contribution is 5.89. The van der Waals surface area contributed by atoms with Crippen molar-refractivity contribution < 1.29 is 0 Å². The summed E-state index contributed by atoms with van der Waals surface area (Å²) in [4.78, 5) is 4.11. The van der Waals surface area contributed by atoms with E-state index in [9.17, 15) is 0 Å². The van der Waals surface area contributed by atoms with Gasteiger partial charge >= 0.3 is 0 Å². The summed E-state index contributed by atoms with van der Waals surface area (Å²) >= 11 is 0. The molecular formula is C11H16N4. The van der Waals surface area contributed by atoms with E-state index in [1.165, 1.54) is 0 Å². The van der Waals surface area contributed by atoms with Crippen LogP contribution in [0.5, 0.6) is 0 Å². The second-order valence-corrected chi connectivity index (χ2v) is 3.93. The molecule has 0 saturated carbocycles. The van der Waals surface area contributed by atoms with E-state index in [2.05, 4.69) is 30.9 Å². The zero-order chi connectivity index (χ0) is 11.0. The van der Waals surface area contributed by atoms with Gasteiger partial charge in [-0.3, -0.25) is 4.68 Å². The molecule has 0 radical (unpaired) electrons. The first-order valence-electron chi connectivity index (χ1n) is 5.26. The summed E-state index contributed by atoms with van der Waals surface area (Å²) in [5, 5.41) is 5.69. The van der Waals surface area contributed by atoms with Crippen molar-refractivity contribution >= 4 is 16.7 Å². The van der Waals surface area contributed by atoms with Crippen molar-refractivity contribution in [2.45, 2.75) is 33.2 Å². The molecule has 0 aromatic carbocycles. The summed E-state index contributed by atoms with van der Waals surface area (Å²) in [5.41, 5.74) is 7.94. The molecular weight excluding hydrogens is 188 g/mol. The average molecular weight is 204 g/mol. The van der Waals surface area contributed by atoms with Crippen LogP contribution in [0.25, 0.3) is 10.9 Å². The SMILES string of the molecule is CCc1nn(C(C)C)c2c(N)nccc12. The molecule has 0 aliphatic carbocycles. The van der Waals surface area contributed by atoms with Crippen molar-refractivity contribution in [3.05, 3.63) is 18.0 Å². The fraction of sp³-hybridized carbons (Fsp3) is 0.455. The van der Waals surface area contributed by atoms with E-state index < -0.39 is 0 Å². The van der Waals surface area contributed by atoms with Gasteiger partial charge in [-0.15, -0.1) is 0 Å². The first-order valence-corrected chi connectivity index (χ1v) is 5.26. The van der Waals surface area contributed by atoms with Gasteiger partial charge in [0, 0.05) is 17.6 Å². The highest BCUT2D eigenvalue weighted by Gasteiger charge is 2.13. The zero-order valence-electron chi connectivity index (χ0n) is 9.36. The molecule has 15 heavy (non-hydrogen) atoms. The Labute approximate surface area is 89.1 Å². The van der Waals surface area contributed by atoms with E-state index in [1.54, 1.807) is 6.20 Å². The van der Waals surface area contributed by atoms with Crippen LogP contribution in [0.4, 0.5) is 5.82 Å². The van der Waals surface area contributed by atoms with Crippen molar-refractivity contribution in [2.75, 3.05) is 5.73 Å². The molecule has 0 amide bonds. The third kappa shape index (κ3) is 1.46. The minimum absolute atomic E-state index is 0.305. The molecule has 2 N–H and O–H groups in total. The summed E-state index contributed by atoms with van der Waals surface area (Å²) in [6, 6.07) is 2.29. The molecule has 0 unspecified atom stereocenters. The number of pyridine rings is 1. The van der Waals surface area contributed by atoms with E-state index >= 15 is 0 Å². The Morgan fingerprint density at radius 1 is 1.47 bits per heavy atom. The van der Waals surface area contributed by atoms with Crippen molar-refractivity contribution in [2.24, 2.45) is 0 Å². The van der Waals surface area contributed by atoms with Crippen LogP contribution >= 0.6 is 0 Å². The fourth-order valence-electron chi connectivity index (χ4n) is 1.81. The molecule has 0 saturated heterocycles. The quantitative estimate of drug-likeness (QED) is 0.815. The van der Waals surface area contributed by atoms with Crippen LogP contribution in [0, 0.1) is 0 Å². The van der Waals surface area contributed by atoms with Gasteiger partial charge in [-0.25, -0.2) is 4.98 Å². The number of nitrogen functional groups attached to an aromatic ring is 1. The number of nitrogens with zero attached hydrogens (tertiary/aromatic N) is 3. The molecule has 0 aliphatic heterocycles. The Hall–Kier alpha value is -1.58. The summed E-state index contributed by atoms with van der Waals surface area (Å²) in [6.07, 6.45) is 2.66. The van der Waals surface area contributed by atoms with Gasteiger partial charge in [0.05, 0.1) is 5.69 Å². The number of hydrogen-bond donors (Lipinski definition) is 1. The zero-order valence-corrected chi connectivity index (χ0v) is 9.36. The van der Waals surface area contributed by atoms with Gasteiger partial charge in [-0.05, 0) is 26.3 Å². The van der Waals surface area contributed by atoms with Gasteiger partial charge in [0.2, 0.25) is 0 Å². The second kappa shape index (κ2) is 3.53. The minimum Gasteiger partial charge on any atom is -0.382 e. The van der Waals surface area contributed by atoms with E-state index in [0.717, 1.165) is 23.0 Å². The lowest BCUT2D eigenvalue weighted by Crippen LogP contribution is -2.05. The molecule has 2 rings (SSSR count). The Morgan fingerprint density at radius 2 is 2.20 bits per heavy atom. The number of aromatic nitrogens is 3. The molecule has 0 atom stereocenters. The Balaban J connectivity index is 2.82. The van der Waals surface area contributed by atoms with E-state index in [4.69, 9.17) is 5.73 Å². The van der Waals surface area contributed by atoms with Crippen LogP contribution in [-0.4, -0.2) is 14.8 Å². The largest absolute Gasteiger partial charge is 0.382 e. The van der Waals surface area contributed by atoms with Crippen molar-refractivity contribution in [1.29, 1.82) is 0 Å². The van der Waals surface area contributed by atoms with E-state index in [0.29, 0.717) is 11.9 Å². The molecule has 4 heteroatoms. The predicted molar refractivity (Wildman–Crippen MR) is 61.7 cm³/mol. The van der Waals surface area contributed by atoms with Crippen LogP contribution in [0.15, 0.2) is 12.3 Å². The molecule has 0 spiro atoms. The highest BCUT2D eigenvalue weighted by atomic mass is 15.3. The van der Waals surface area contributed by atoms with Gasteiger partial charge < -0.3 is 5.73 Å². The summed E-state index contributed by atoms with van der Waals surface area (Å²) in [5.74, 6) is 0.563. The minimum atomic E-state index is 0.305. The van der Waals surface area contributed by atoms with Crippen LogP contribution in [0.2, 0.25) is 0 Å². The lowest BCUT2D eigenvalue weighted by Gasteiger charge is -2.07. The third-order valence-corrected chi connectivity index (χ3v) is 2.55. The van der Waals surface area contributed by atoms with Crippen LogP contribution in [0.3, 0.4) is 0 Å². The third-order valence-electron chi connectivity index (χ3n) is 2.55. The predicted octanol–water partition coefficient (Wildman–Crippen LogP) is 2.16. The van der Waals surface area contributed by atoms with Crippen LogP contribution in [0.1, 0.15) is 32.5 Å². The molecule has 80 valence electrons. The lowest BCUT2D eigenvalue weighted by molar-refractivity contribution is 0.544. The van der Waals surface area contributed by atoms with E-state index in [-0.39, 0.29) is 0 Å². The number of anilines is 1. The Kier molecular flexibility index (Phi) is 2.34. The molecule has 0 fully saturated rings. The number of fused-ring (bicyclic) bond motifs is 1. The molecule has 2 heterocycles. The van der Waals surface area contributed by atoms with Crippen molar-refractivity contribution in [1.82, 2.24) is 14.8 Å². The second-order valence-electron chi connectivity index (χ2n) is 3.93. The van der Waals surface area contributed by atoms with Gasteiger partial charge in [0.25, 0.3) is 0 Å². The summed E-state index contributed by atoms with van der Waals surface area (Å²) in [6.45, 7) is 6.29. The number of nitrogens with two attached hydrogens (primary N) is 1. The first-order chi connectivity index (χ1) is 7.15. The molecule has 0 aliphatic rings. The first kappa shape index (κ1) is 9.96. The van der Waals surface area contributed by atoms with Gasteiger partial charge in [-0.1, -0.05) is 6.92 Å². The van der Waals surface area contributed by atoms with Crippen LogP contribution in [-0.2, 0) is 6.42 Å². The monoisotopic (exact) mass is 204 g/mol. The molecule has 0 bridgehead atoms. The van der Waals surface area contributed by atoms with Crippen molar-refractivity contribution in [3.63, 3.8) is 0 Å². The summed E-state index contributed by atoms with van der Waals surface area (Å²) < 4.78 is 1.95. The highest BCUT2D eigenvalue weighted by Crippen LogP contribution is 2.25. The standard InChI is InChI=1S/C11H16N4/c1-4-9-8-5-6-13-11(12)10(8)15(14-9)7(2)3/h5-7H,4H2,1-3H3,(H2,12,13). The van der Waals surface area contributed by atoms with Crippen LogP contribution < -0.4 is 5.73 Å². The van der Waals surface area contributed by atoms with E-state index in [1.807, 2.05) is 10.7 Å². The van der Waals surface area contributed by atoms with Gasteiger partial charge in [-0.2, -0.15) is 5.10 Å². The number of rotatable bonds is 2. The molecule has 2 aromatic heterocycles. The Bertz CT molecular complexity index is 485.